The van der Waals surface area contributed by atoms with Crippen molar-refractivity contribution < 1.29 is 0 Å². The van der Waals surface area contributed by atoms with Gasteiger partial charge in [0.1, 0.15) is 0 Å². The van der Waals surface area contributed by atoms with Gasteiger partial charge in [-0.1, -0.05) is 84.9 Å². The van der Waals surface area contributed by atoms with Gasteiger partial charge < -0.3 is 5.32 Å². The molecule has 0 fully saturated rings. The lowest BCUT2D eigenvalue weighted by Gasteiger charge is -2.13. The number of hydrogen-bond acceptors (Lipinski definition) is 1. The Morgan fingerprint density at radius 2 is 1.47 bits per heavy atom. The first kappa shape index (κ1) is 19.7. The van der Waals surface area contributed by atoms with Crippen molar-refractivity contribution >= 4 is 22.0 Å². The summed E-state index contributed by atoms with van der Waals surface area (Å²) in [4.78, 5) is 0. The summed E-state index contributed by atoms with van der Waals surface area (Å²) in [7, 11) is 0. The minimum Gasteiger partial charge on any atom is -0.361 e. The highest BCUT2D eigenvalue weighted by Gasteiger charge is 2.08. The van der Waals surface area contributed by atoms with Crippen molar-refractivity contribution in [3.05, 3.63) is 120 Å². The second-order valence-corrected chi connectivity index (χ2v) is 7.62. The van der Waals surface area contributed by atoms with Gasteiger partial charge in [0.05, 0.1) is 0 Å². The second-order valence-electron chi connectivity index (χ2n) is 7.62. The van der Waals surface area contributed by atoms with Crippen molar-refractivity contribution in [3.8, 4) is 11.1 Å². The van der Waals surface area contributed by atoms with Gasteiger partial charge >= 0.3 is 0 Å². The van der Waals surface area contributed by atoms with E-state index >= 15 is 0 Å². The fraction of sp³-hybridized carbons (Fsp3) is 0.103. The Kier molecular flexibility index (Phi) is 5.81. The molecule has 0 heterocycles. The number of benzene rings is 4. The monoisotopic (exact) mass is 389 g/mol. The largest absolute Gasteiger partial charge is 0.361 e. The number of allylic oxidation sites excluding steroid dienone is 3. The van der Waals surface area contributed by atoms with E-state index in [1.165, 1.54) is 38.6 Å². The van der Waals surface area contributed by atoms with Gasteiger partial charge in [-0.2, -0.15) is 0 Å². The van der Waals surface area contributed by atoms with Crippen molar-refractivity contribution in [1.29, 1.82) is 0 Å². The molecule has 0 bridgehead atoms. The van der Waals surface area contributed by atoms with Crippen LogP contribution in [0, 0.1) is 13.8 Å². The summed E-state index contributed by atoms with van der Waals surface area (Å²) in [5, 5.41) is 6.00. The third kappa shape index (κ3) is 4.06. The van der Waals surface area contributed by atoms with Crippen molar-refractivity contribution in [2.24, 2.45) is 0 Å². The molecule has 1 N–H and O–H groups in total. The maximum Gasteiger partial charge on any atom is 0.0459 e. The predicted molar refractivity (Wildman–Crippen MR) is 132 cm³/mol. The molecule has 30 heavy (non-hydrogen) atoms. The number of anilines is 1. The number of nitrogens with one attached hydrogen (secondary N) is 1. The van der Waals surface area contributed by atoms with Crippen LogP contribution in [0.15, 0.2) is 103 Å². The maximum absolute atomic E-state index is 3.54. The summed E-state index contributed by atoms with van der Waals surface area (Å²) in [6.45, 7) is 6.41. The Balaban J connectivity index is 1.75. The van der Waals surface area contributed by atoms with Gasteiger partial charge in [0, 0.05) is 17.3 Å². The van der Waals surface area contributed by atoms with Gasteiger partial charge in [-0.3, -0.25) is 0 Å². The zero-order valence-corrected chi connectivity index (χ0v) is 17.8. The normalized spacial score (nSPS) is 11.9. The standard InChI is InChI=1S/C29H27N/c1-4-10-25(20-30-29-16-9-13-23-12-6-8-15-27(23)29)24-18-17-22(3)28(19-24)26-14-7-5-11-21(26)2/h4-20,30H,1-3H3/b10-4-,25-20+. The molecule has 0 atom stereocenters. The molecule has 4 aromatic carbocycles. The van der Waals surface area contributed by atoms with Gasteiger partial charge in [-0.05, 0) is 71.7 Å². The van der Waals surface area contributed by atoms with Crippen LogP contribution >= 0.6 is 0 Å². The first-order valence-electron chi connectivity index (χ1n) is 10.4. The molecule has 0 aliphatic rings. The van der Waals surface area contributed by atoms with Crippen LogP contribution in [0.1, 0.15) is 23.6 Å². The molecule has 0 aliphatic carbocycles. The van der Waals surface area contributed by atoms with E-state index in [0.29, 0.717) is 0 Å². The molecule has 0 saturated carbocycles. The SMILES string of the molecule is C/C=C\C(=C/Nc1cccc2ccccc12)c1ccc(C)c(-c2ccccc2C)c1. The van der Waals surface area contributed by atoms with Crippen molar-refractivity contribution in [2.45, 2.75) is 20.8 Å². The Hall–Kier alpha value is -3.58. The number of hydrogen-bond donors (Lipinski definition) is 1. The number of fused-ring (bicyclic) bond motifs is 1. The topological polar surface area (TPSA) is 12.0 Å². The van der Waals surface area contributed by atoms with Crippen molar-refractivity contribution in [3.63, 3.8) is 0 Å². The minimum atomic E-state index is 1.11. The average Bonchev–Trinajstić information content (AvgIpc) is 2.78. The molecule has 1 heteroatoms. The first-order valence-corrected chi connectivity index (χ1v) is 10.4. The summed E-state index contributed by atoms with van der Waals surface area (Å²) in [5.41, 5.74) is 8.62. The molecule has 4 rings (SSSR count). The molecule has 1 nitrogen and oxygen atoms in total. The molecular formula is C29H27N. The molecule has 0 aromatic heterocycles. The van der Waals surface area contributed by atoms with Crippen LogP contribution < -0.4 is 5.32 Å². The average molecular weight is 390 g/mol. The number of rotatable bonds is 5. The van der Waals surface area contributed by atoms with E-state index in [1.54, 1.807) is 0 Å². The highest BCUT2D eigenvalue weighted by molar-refractivity contribution is 5.94. The van der Waals surface area contributed by atoms with Crippen LogP contribution in [-0.4, -0.2) is 0 Å². The first-order chi connectivity index (χ1) is 14.7. The van der Waals surface area contributed by atoms with Crippen LogP contribution in [0.5, 0.6) is 0 Å². The van der Waals surface area contributed by atoms with Crippen LogP contribution in [0.25, 0.3) is 27.5 Å². The minimum absolute atomic E-state index is 1.11. The smallest absolute Gasteiger partial charge is 0.0459 e. The Morgan fingerprint density at radius 3 is 2.30 bits per heavy atom. The molecule has 0 radical (unpaired) electrons. The lowest BCUT2D eigenvalue weighted by Crippen LogP contribution is -1.94. The van der Waals surface area contributed by atoms with E-state index in [4.69, 9.17) is 0 Å². The van der Waals surface area contributed by atoms with Crippen LogP contribution in [0.3, 0.4) is 0 Å². The van der Waals surface area contributed by atoms with Crippen molar-refractivity contribution in [1.82, 2.24) is 0 Å². The van der Waals surface area contributed by atoms with Crippen LogP contribution in [0.4, 0.5) is 5.69 Å². The highest BCUT2D eigenvalue weighted by Crippen LogP contribution is 2.30. The van der Waals surface area contributed by atoms with Gasteiger partial charge in [-0.15, -0.1) is 0 Å². The van der Waals surface area contributed by atoms with Gasteiger partial charge in [0.2, 0.25) is 0 Å². The third-order valence-corrected chi connectivity index (χ3v) is 5.53. The zero-order chi connectivity index (χ0) is 20.9. The zero-order valence-electron chi connectivity index (χ0n) is 17.8. The summed E-state index contributed by atoms with van der Waals surface area (Å²) in [6.07, 6.45) is 6.35. The van der Waals surface area contributed by atoms with E-state index < -0.39 is 0 Å². The van der Waals surface area contributed by atoms with E-state index in [2.05, 4.69) is 129 Å². The van der Waals surface area contributed by atoms with Gasteiger partial charge in [-0.25, -0.2) is 0 Å². The molecule has 0 aliphatic heterocycles. The molecule has 0 amide bonds. The van der Waals surface area contributed by atoms with E-state index in [9.17, 15) is 0 Å². The van der Waals surface area contributed by atoms with Crippen molar-refractivity contribution in [2.75, 3.05) is 5.32 Å². The van der Waals surface area contributed by atoms with E-state index in [1.807, 2.05) is 0 Å². The lowest BCUT2D eigenvalue weighted by molar-refractivity contribution is 1.40. The molecule has 0 unspecified atom stereocenters. The van der Waals surface area contributed by atoms with Crippen LogP contribution in [-0.2, 0) is 0 Å². The Labute approximate surface area is 179 Å². The summed E-state index contributed by atoms with van der Waals surface area (Å²) in [6, 6.07) is 30.1. The highest BCUT2D eigenvalue weighted by atomic mass is 14.8. The Bertz CT molecular complexity index is 1240. The quantitative estimate of drug-likeness (QED) is 0.340. The van der Waals surface area contributed by atoms with E-state index in [-0.39, 0.29) is 0 Å². The molecule has 148 valence electrons. The molecule has 0 saturated heterocycles. The van der Waals surface area contributed by atoms with Gasteiger partial charge in [0.15, 0.2) is 0 Å². The molecule has 0 spiro atoms. The number of aryl methyl sites for hydroxylation is 2. The predicted octanol–water partition coefficient (Wildman–Crippen LogP) is 8.15. The fourth-order valence-corrected chi connectivity index (χ4v) is 3.88. The second kappa shape index (κ2) is 8.84. The van der Waals surface area contributed by atoms with Gasteiger partial charge in [0.25, 0.3) is 0 Å². The van der Waals surface area contributed by atoms with E-state index in [0.717, 1.165) is 11.3 Å². The third-order valence-electron chi connectivity index (χ3n) is 5.53. The fourth-order valence-electron chi connectivity index (χ4n) is 3.88. The Morgan fingerprint density at radius 1 is 0.733 bits per heavy atom. The molecule has 4 aromatic rings. The maximum atomic E-state index is 3.54. The summed E-state index contributed by atoms with van der Waals surface area (Å²) < 4.78 is 0. The van der Waals surface area contributed by atoms with Crippen LogP contribution in [0.2, 0.25) is 0 Å². The molecular weight excluding hydrogens is 362 g/mol. The summed E-state index contributed by atoms with van der Waals surface area (Å²) >= 11 is 0. The summed E-state index contributed by atoms with van der Waals surface area (Å²) in [5.74, 6) is 0. The lowest BCUT2D eigenvalue weighted by atomic mass is 9.93.